The lowest BCUT2D eigenvalue weighted by Crippen LogP contribution is -2.28. The Morgan fingerprint density at radius 1 is 1.17 bits per heavy atom. The summed E-state index contributed by atoms with van der Waals surface area (Å²) in [5, 5.41) is 15.3. The van der Waals surface area contributed by atoms with Crippen LogP contribution in [-0.4, -0.2) is 30.3 Å². The monoisotopic (exact) mass is 435 g/mol. The zero-order valence-electron chi connectivity index (χ0n) is 14.9. The summed E-state index contributed by atoms with van der Waals surface area (Å²) in [7, 11) is 0. The van der Waals surface area contributed by atoms with Crippen LogP contribution in [0.5, 0.6) is 11.5 Å². The van der Waals surface area contributed by atoms with Gasteiger partial charge in [-0.2, -0.15) is 22.0 Å². The number of alkyl halides is 5. The summed E-state index contributed by atoms with van der Waals surface area (Å²) in [6.45, 7) is -4.87. The van der Waals surface area contributed by atoms with Crippen molar-refractivity contribution in [3.05, 3.63) is 58.1 Å². The van der Waals surface area contributed by atoms with Gasteiger partial charge in [0.15, 0.2) is 6.61 Å². The first kappa shape index (κ1) is 22.6. The van der Waals surface area contributed by atoms with E-state index >= 15 is 0 Å². The molecule has 162 valence electrons. The number of nitro groups is 1. The number of urea groups is 1. The molecule has 8 nitrogen and oxygen atoms in total. The third-order valence-corrected chi connectivity index (χ3v) is 3.39. The van der Waals surface area contributed by atoms with Crippen molar-refractivity contribution in [2.75, 3.05) is 11.9 Å². The first-order valence-electron chi connectivity index (χ1n) is 8.10. The van der Waals surface area contributed by atoms with Gasteiger partial charge in [0.2, 0.25) is 0 Å². The maximum absolute atomic E-state index is 12.5. The molecule has 30 heavy (non-hydrogen) atoms. The van der Waals surface area contributed by atoms with Crippen molar-refractivity contribution >= 4 is 17.4 Å². The molecule has 0 aliphatic rings. The van der Waals surface area contributed by atoms with Gasteiger partial charge in [0.05, 0.1) is 10.6 Å². The molecule has 0 atom stereocenters. The lowest BCUT2D eigenvalue weighted by Gasteiger charge is -2.13. The third-order valence-electron chi connectivity index (χ3n) is 3.39. The zero-order chi connectivity index (χ0) is 22.3. The van der Waals surface area contributed by atoms with Crippen LogP contribution in [0.2, 0.25) is 0 Å². The standard InChI is InChI=1S/C17H14F5N3O5/c18-15(19)30-14-5-4-11(25(27)28)7-13(14)24-16(26)23-8-10-2-1-3-12(6-10)29-9-17(20,21)22/h1-7,15H,8-9H2,(H2,23,24,26). The van der Waals surface area contributed by atoms with Gasteiger partial charge in [0, 0.05) is 18.7 Å². The fourth-order valence-corrected chi connectivity index (χ4v) is 2.19. The number of rotatable bonds is 8. The Bertz CT molecular complexity index is 908. The summed E-state index contributed by atoms with van der Waals surface area (Å²) in [5.74, 6) is -0.563. The summed E-state index contributed by atoms with van der Waals surface area (Å²) in [6.07, 6.45) is -4.51. The number of halogens is 5. The largest absolute Gasteiger partial charge is 0.484 e. The number of benzene rings is 2. The number of anilines is 1. The zero-order valence-corrected chi connectivity index (χ0v) is 14.9. The Labute approximate surface area is 165 Å². The van der Waals surface area contributed by atoms with Gasteiger partial charge in [-0.05, 0) is 23.8 Å². The lowest BCUT2D eigenvalue weighted by molar-refractivity contribution is -0.384. The first-order valence-corrected chi connectivity index (χ1v) is 8.10. The highest BCUT2D eigenvalue weighted by molar-refractivity contribution is 5.91. The van der Waals surface area contributed by atoms with Gasteiger partial charge in [-0.3, -0.25) is 10.1 Å². The van der Waals surface area contributed by atoms with Crippen molar-refractivity contribution < 1.29 is 41.1 Å². The summed E-state index contributed by atoms with van der Waals surface area (Å²) in [4.78, 5) is 22.1. The summed E-state index contributed by atoms with van der Waals surface area (Å²) < 4.78 is 70.4. The molecule has 2 N–H and O–H groups in total. The number of nitrogens with zero attached hydrogens (tertiary/aromatic N) is 1. The Hall–Kier alpha value is -3.64. The van der Waals surface area contributed by atoms with Gasteiger partial charge in [-0.25, -0.2) is 4.79 Å². The van der Waals surface area contributed by atoms with Gasteiger partial charge in [0.25, 0.3) is 5.69 Å². The number of carbonyl (C=O) groups is 1. The molecule has 0 saturated heterocycles. The van der Waals surface area contributed by atoms with E-state index in [2.05, 4.69) is 20.1 Å². The minimum absolute atomic E-state index is 0.0710. The van der Waals surface area contributed by atoms with Crippen molar-refractivity contribution in [3.63, 3.8) is 0 Å². The summed E-state index contributed by atoms with van der Waals surface area (Å²) >= 11 is 0. The van der Waals surface area contributed by atoms with Crippen LogP contribution >= 0.6 is 0 Å². The van der Waals surface area contributed by atoms with E-state index in [4.69, 9.17) is 0 Å². The molecule has 0 bridgehead atoms. The molecule has 2 aromatic carbocycles. The molecular formula is C17H14F5N3O5. The maximum Gasteiger partial charge on any atom is 0.422 e. The number of ether oxygens (including phenoxy) is 2. The number of nitro benzene ring substituents is 1. The van der Waals surface area contributed by atoms with Crippen LogP contribution < -0.4 is 20.1 Å². The number of nitrogens with one attached hydrogen (secondary N) is 2. The lowest BCUT2D eigenvalue weighted by atomic mass is 10.2. The molecule has 0 radical (unpaired) electrons. The second-order valence-electron chi connectivity index (χ2n) is 5.68. The maximum atomic E-state index is 12.5. The van der Waals surface area contributed by atoms with Gasteiger partial charge in [0.1, 0.15) is 11.5 Å². The quantitative estimate of drug-likeness (QED) is 0.362. The predicted octanol–water partition coefficient (Wildman–Crippen LogP) is 4.46. The number of non-ortho nitro benzene ring substituents is 1. The van der Waals surface area contributed by atoms with Gasteiger partial charge >= 0.3 is 18.8 Å². The van der Waals surface area contributed by atoms with Gasteiger partial charge < -0.3 is 20.1 Å². The van der Waals surface area contributed by atoms with Crippen molar-refractivity contribution in [2.45, 2.75) is 19.3 Å². The van der Waals surface area contributed by atoms with E-state index in [1.165, 1.54) is 24.3 Å². The Morgan fingerprint density at radius 2 is 1.90 bits per heavy atom. The molecule has 0 aromatic heterocycles. The van der Waals surface area contributed by atoms with E-state index in [0.29, 0.717) is 5.56 Å². The van der Waals surface area contributed by atoms with Crippen LogP contribution in [0.25, 0.3) is 0 Å². The average Bonchev–Trinajstić information content (AvgIpc) is 2.65. The molecule has 0 fully saturated rings. The number of hydrogen-bond acceptors (Lipinski definition) is 5. The van der Waals surface area contributed by atoms with E-state index in [-0.39, 0.29) is 18.0 Å². The van der Waals surface area contributed by atoms with Gasteiger partial charge in [-0.15, -0.1) is 0 Å². The molecule has 0 aliphatic carbocycles. The smallest absolute Gasteiger partial charge is 0.422 e. The molecule has 2 amide bonds. The second kappa shape index (κ2) is 9.71. The van der Waals surface area contributed by atoms with Crippen molar-refractivity contribution in [3.8, 4) is 11.5 Å². The second-order valence-corrected chi connectivity index (χ2v) is 5.68. The fraction of sp³-hybridized carbons (Fsp3) is 0.235. The van der Waals surface area contributed by atoms with Crippen molar-refractivity contribution in [2.24, 2.45) is 0 Å². The molecule has 0 aliphatic heterocycles. The molecule has 2 rings (SSSR count). The number of amides is 2. The van der Waals surface area contributed by atoms with E-state index in [9.17, 15) is 36.9 Å². The van der Waals surface area contributed by atoms with Crippen LogP contribution in [0, 0.1) is 10.1 Å². The number of carbonyl (C=O) groups excluding carboxylic acids is 1. The normalized spacial score (nSPS) is 11.1. The molecule has 0 saturated carbocycles. The van der Waals surface area contributed by atoms with E-state index in [1.54, 1.807) is 0 Å². The van der Waals surface area contributed by atoms with Crippen molar-refractivity contribution in [1.29, 1.82) is 0 Å². The highest BCUT2D eigenvalue weighted by Crippen LogP contribution is 2.30. The van der Waals surface area contributed by atoms with E-state index in [0.717, 1.165) is 18.2 Å². The number of hydrogen-bond donors (Lipinski definition) is 2. The third kappa shape index (κ3) is 7.41. The average molecular weight is 435 g/mol. The highest BCUT2D eigenvalue weighted by Gasteiger charge is 2.28. The molecular weight excluding hydrogens is 421 g/mol. The van der Waals surface area contributed by atoms with E-state index < -0.39 is 41.8 Å². The van der Waals surface area contributed by atoms with Crippen LogP contribution in [0.4, 0.5) is 38.1 Å². The van der Waals surface area contributed by atoms with E-state index in [1.807, 2.05) is 0 Å². The van der Waals surface area contributed by atoms with Crippen LogP contribution in [-0.2, 0) is 6.54 Å². The molecule has 2 aromatic rings. The highest BCUT2D eigenvalue weighted by atomic mass is 19.4. The van der Waals surface area contributed by atoms with Gasteiger partial charge in [-0.1, -0.05) is 12.1 Å². The molecule has 0 unspecified atom stereocenters. The Balaban J connectivity index is 2.02. The Kier molecular flexibility index (Phi) is 7.33. The topological polar surface area (TPSA) is 103 Å². The molecule has 0 heterocycles. The SMILES string of the molecule is O=C(NCc1cccc(OCC(F)(F)F)c1)Nc1cc([N+](=O)[O-])ccc1OC(F)F. The predicted molar refractivity (Wildman–Crippen MR) is 93.6 cm³/mol. The first-order chi connectivity index (χ1) is 14.0. The Morgan fingerprint density at radius 3 is 2.53 bits per heavy atom. The minimum Gasteiger partial charge on any atom is -0.484 e. The minimum atomic E-state index is -4.51. The van der Waals surface area contributed by atoms with Crippen LogP contribution in [0.3, 0.4) is 0 Å². The summed E-state index contributed by atoms with van der Waals surface area (Å²) in [5.41, 5.74) is -0.460. The van der Waals surface area contributed by atoms with Crippen molar-refractivity contribution in [1.82, 2.24) is 5.32 Å². The van der Waals surface area contributed by atoms with Crippen LogP contribution in [0.1, 0.15) is 5.56 Å². The molecule has 0 spiro atoms. The molecule has 13 heteroatoms. The summed E-state index contributed by atoms with van der Waals surface area (Å²) in [6, 6.07) is 7.22. The van der Waals surface area contributed by atoms with Crippen LogP contribution in [0.15, 0.2) is 42.5 Å². The fourth-order valence-electron chi connectivity index (χ4n) is 2.19.